The van der Waals surface area contributed by atoms with E-state index in [1.807, 2.05) is 35.6 Å². The first-order valence-corrected chi connectivity index (χ1v) is 12.6. The zero-order chi connectivity index (χ0) is 23.7. The first-order chi connectivity index (χ1) is 15.6. The molecule has 1 saturated carbocycles. The quantitative estimate of drug-likeness (QED) is 0.598. The van der Waals surface area contributed by atoms with E-state index in [2.05, 4.69) is 0 Å². The molecule has 0 spiro atoms. The number of piperidine rings is 1. The van der Waals surface area contributed by atoms with Gasteiger partial charge in [-0.3, -0.25) is 4.79 Å². The number of likely N-dealkylation sites (tertiary alicyclic amines) is 1. The Kier molecular flexibility index (Phi) is 5.15. The van der Waals surface area contributed by atoms with Gasteiger partial charge in [0.1, 0.15) is 10.7 Å². The van der Waals surface area contributed by atoms with Crippen LogP contribution < -0.4 is 5.14 Å². The minimum absolute atomic E-state index is 0.0959. The number of sulfonamides is 1. The number of rotatable bonds is 4. The van der Waals surface area contributed by atoms with Crippen molar-refractivity contribution in [1.29, 1.82) is 0 Å². The fraction of sp³-hybridized carbons (Fsp3) is 0.292. The summed E-state index contributed by atoms with van der Waals surface area (Å²) in [6, 6.07) is 11.1. The number of primary sulfonamides is 1. The molecular weight excluding hydrogens is 465 g/mol. The van der Waals surface area contributed by atoms with E-state index >= 15 is 0 Å². The fourth-order valence-corrected chi connectivity index (χ4v) is 5.76. The van der Waals surface area contributed by atoms with Crippen LogP contribution in [0.25, 0.3) is 22.5 Å². The summed E-state index contributed by atoms with van der Waals surface area (Å²) in [4.78, 5) is 15.0. The Hall–Kier alpha value is -2.68. The lowest BCUT2D eigenvalue weighted by atomic mass is 10.0. The van der Waals surface area contributed by atoms with E-state index in [0.717, 1.165) is 42.0 Å². The molecule has 2 heterocycles. The van der Waals surface area contributed by atoms with E-state index in [0.29, 0.717) is 33.7 Å². The molecule has 2 unspecified atom stereocenters. The summed E-state index contributed by atoms with van der Waals surface area (Å²) in [5, 5.41) is 5.72. The first kappa shape index (κ1) is 22.1. The minimum Gasteiger partial charge on any atom is -0.343 e. The van der Waals surface area contributed by atoms with Crippen molar-refractivity contribution in [1.82, 2.24) is 9.47 Å². The number of carbonyl (C=O) groups excluding carboxylic acids is 1. The highest BCUT2D eigenvalue weighted by Crippen LogP contribution is 2.46. The number of fused-ring (bicyclic) bond motifs is 1. The summed E-state index contributed by atoms with van der Waals surface area (Å²) in [6.45, 7) is 3.34. The van der Waals surface area contributed by atoms with Crippen LogP contribution in [0.5, 0.6) is 0 Å². The van der Waals surface area contributed by atoms with Gasteiger partial charge in [-0.05, 0) is 60.6 Å². The molecule has 1 aliphatic heterocycles. The van der Waals surface area contributed by atoms with Crippen molar-refractivity contribution in [2.24, 2.45) is 24.0 Å². The van der Waals surface area contributed by atoms with E-state index in [-0.39, 0.29) is 5.91 Å². The van der Waals surface area contributed by atoms with Crippen LogP contribution in [-0.4, -0.2) is 36.9 Å². The number of amides is 1. The SMILES string of the molecule is Cc1c(C(=O)N2CC3CC3C2)c(-c2ccc(S(N)(=O)=O)c(F)c2)n(C)c1-c1ccc(Cl)cc1. The monoisotopic (exact) mass is 487 g/mol. The van der Waals surface area contributed by atoms with Gasteiger partial charge in [-0.25, -0.2) is 17.9 Å². The van der Waals surface area contributed by atoms with Gasteiger partial charge in [-0.2, -0.15) is 0 Å². The second kappa shape index (κ2) is 7.68. The van der Waals surface area contributed by atoms with Crippen molar-refractivity contribution in [3.05, 3.63) is 64.4 Å². The standard InChI is InChI=1S/C24H23ClFN3O3S/c1-13-21(24(30)29-11-16-9-17(16)12-29)23(15-5-8-20(19(26)10-15)33(27,31)32)28(2)22(13)14-3-6-18(25)7-4-14/h3-8,10,16-17H,9,11-12H2,1-2H3,(H2,27,31,32). The summed E-state index contributed by atoms with van der Waals surface area (Å²) in [6.07, 6.45) is 1.17. The third-order valence-electron chi connectivity index (χ3n) is 6.75. The molecule has 2 aromatic carbocycles. The van der Waals surface area contributed by atoms with Crippen molar-refractivity contribution in [3.63, 3.8) is 0 Å². The lowest BCUT2D eigenvalue weighted by Gasteiger charge is -2.19. The maximum atomic E-state index is 14.8. The zero-order valence-corrected chi connectivity index (χ0v) is 19.8. The second-order valence-electron chi connectivity index (χ2n) is 8.92. The molecule has 33 heavy (non-hydrogen) atoms. The van der Waals surface area contributed by atoms with Crippen LogP contribution in [0.1, 0.15) is 22.3 Å². The largest absolute Gasteiger partial charge is 0.343 e. The Morgan fingerprint density at radius 2 is 1.67 bits per heavy atom. The number of hydrogen-bond donors (Lipinski definition) is 1. The molecule has 2 atom stereocenters. The average molecular weight is 488 g/mol. The van der Waals surface area contributed by atoms with Crippen molar-refractivity contribution in [2.75, 3.05) is 13.1 Å². The topological polar surface area (TPSA) is 85.4 Å². The minimum atomic E-state index is -4.20. The molecule has 2 N–H and O–H groups in total. The average Bonchev–Trinajstić information content (AvgIpc) is 3.26. The number of benzene rings is 2. The van der Waals surface area contributed by atoms with Gasteiger partial charge in [0.2, 0.25) is 10.0 Å². The van der Waals surface area contributed by atoms with Crippen molar-refractivity contribution in [3.8, 4) is 22.5 Å². The van der Waals surface area contributed by atoms with Gasteiger partial charge >= 0.3 is 0 Å². The molecule has 2 fully saturated rings. The van der Waals surface area contributed by atoms with E-state index in [1.54, 1.807) is 12.1 Å². The molecule has 0 radical (unpaired) electrons. The Bertz CT molecular complexity index is 1390. The Morgan fingerprint density at radius 1 is 1.06 bits per heavy atom. The molecule has 2 aliphatic rings. The predicted molar refractivity (Wildman–Crippen MR) is 125 cm³/mol. The molecule has 172 valence electrons. The van der Waals surface area contributed by atoms with Gasteiger partial charge in [0.05, 0.1) is 17.0 Å². The summed E-state index contributed by atoms with van der Waals surface area (Å²) >= 11 is 6.07. The van der Waals surface area contributed by atoms with Crippen molar-refractivity contribution in [2.45, 2.75) is 18.2 Å². The summed E-state index contributed by atoms with van der Waals surface area (Å²) < 4.78 is 40.0. The van der Waals surface area contributed by atoms with Crippen molar-refractivity contribution >= 4 is 27.5 Å². The molecule has 9 heteroatoms. The number of carbonyl (C=O) groups is 1. The lowest BCUT2D eigenvalue weighted by Crippen LogP contribution is -2.31. The van der Waals surface area contributed by atoms with Crippen LogP contribution in [-0.2, 0) is 17.1 Å². The van der Waals surface area contributed by atoms with E-state index in [4.69, 9.17) is 16.7 Å². The molecule has 0 bridgehead atoms. The highest BCUT2D eigenvalue weighted by Gasteiger charge is 2.47. The number of nitrogens with two attached hydrogens (primary N) is 1. The number of hydrogen-bond acceptors (Lipinski definition) is 3. The van der Waals surface area contributed by atoms with E-state index < -0.39 is 20.7 Å². The van der Waals surface area contributed by atoms with Crippen LogP contribution in [0.4, 0.5) is 4.39 Å². The molecule has 1 saturated heterocycles. The lowest BCUT2D eigenvalue weighted by molar-refractivity contribution is 0.0775. The predicted octanol–water partition coefficient (Wildman–Crippen LogP) is 4.20. The Balaban J connectivity index is 1.70. The number of halogens is 2. The Morgan fingerprint density at radius 3 is 2.24 bits per heavy atom. The van der Waals surface area contributed by atoms with Gasteiger partial charge in [-0.1, -0.05) is 29.8 Å². The van der Waals surface area contributed by atoms with Gasteiger partial charge in [0.15, 0.2) is 0 Å². The fourth-order valence-electron chi connectivity index (χ4n) is 5.05. The highest BCUT2D eigenvalue weighted by atomic mass is 35.5. The molecular formula is C24H23ClFN3O3S. The third-order valence-corrected chi connectivity index (χ3v) is 7.94. The molecule has 1 aromatic heterocycles. The summed E-state index contributed by atoms with van der Waals surface area (Å²) in [5.41, 5.74) is 3.88. The third kappa shape index (κ3) is 3.76. The zero-order valence-electron chi connectivity index (χ0n) is 18.2. The molecule has 3 aromatic rings. The second-order valence-corrected chi connectivity index (χ2v) is 10.9. The highest BCUT2D eigenvalue weighted by molar-refractivity contribution is 7.89. The summed E-state index contributed by atoms with van der Waals surface area (Å²) in [7, 11) is -2.39. The van der Waals surface area contributed by atoms with E-state index in [9.17, 15) is 17.6 Å². The van der Waals surface area contributed by atoms with Gasteiger partial charge in [0, 0.05) is 30.7 Å². The van der Waals surface area contributed by atoms with Crippen LogP contribution in [0.15, 0.2) is 47.4 Å². The van der Waals surface area contributed by atoms with Crippen LogP contribution in [0.2, 0.25) is 5.02 Å². The maximum Gasteiger partial charge on any atom is 0.256 e. The molecule has 6 nitrogen and oxygen atoms in total. The first-order valence-electron chi connectivity index (χ1n) is 10.6. The summed E-state index contributed by atoms with van der Waals surface area (Å²) in [5.74, 6) is 0.0939. The molecule has 1 amide bonds. The normalized spacial score (nSPS) is 19.6. The Labute approximate surface area is 196 Å². The van der Waals surface area contributed by atoms with Crippen LogP contribution >= 0.6 is 11.6 Å². The number of aromatic nitrogens is 1. The van der Waals surface area contributed by atoms with Gasteiger partial charge < -0.3 is 9.47 Å². The van der Waals surface area contributed by atoms with Gasteiger partial charge in [0.25, 0.3) is 5.91 Å². The molecule has 1 aliphatic carbocycles. The van der Waals surface area contributed by atoms with Gasteiger partial charge in [-0.15, -0.1) is 0 Å². The smallest absolute Gasteiger partial charge is 0.256 e. The maximum absolute atomic E-state index is 14.8. The number of nitrogens with zero attached hydrogens (tertiary/aromatic N) is 2. The van der Waals surface area contributed by atoms with Crippen LogP contribution in [0, 0.1) is 24.6 Å². The van der Waals surface area contributed by atoms with Crippen molar-refractivity contribution < 1.29 is 17.6 Å². The van der Waals surface area contributed by atoms with Crippen LogP contribution in [0.3, 0.4) is 0 Å². The molecule has 5 rings (SSSR count). The van der Waals surface area contributed by atoms with E-state index in [1.165, 1.54) is 12.5 Å².